The molecule has 1 amide bonds. The van der Waals surface area contributed by atoms with Crippen LogP contribution in [0, 0.1) is 0 Å². The average Bonchev–Trinajstić information content (AvgIpc) is 3.35. The monoisotopic (exact) mass is 504 g/mol. The molecule has 6 nitrogen and oxygen atoms in total. The second-order valence-corrected chi connectivity index (χ2v) is 9.32. The number of nitrogens with zero attached hydrogens (tertiary/aromatic N) is 4. The first-order valence-corrected chi connectivity index (χ1v) is 11.2. The minimum absolute atomic E-state index is 0.142. The molecule has 0 saturated heterocycles. The number of hydrogen-bond acceptors (Lipinski definition) is 5. The van der Waals surface area contributed by atoms with Crippen molar-refractivity contribution in [3.63, 3.8) is 0 Å². The van der Waals surface area contributed by atoms with Crippen LogP contribution in [0.4, 0.5) is 5.13 Å². The summed E-state index contributed by atoms with van der Waals surface area (Å²) in [6.45, 7) is 2.03. The molecule has 0 fully saturated rings. The van der Waals surface area contributed by atoms with E-state index in [1.807, 2.05) is 35.7 Å². The van der Waals surface area contributed by atoms with Crippen LogP contribution in [-0.2, 0) is 6.42 Å². The van der Waals surface area contributed by atoms with E-state index in [1.54, 1.807) is 37.4 Å². The Morgan fingerprint density at radius 2 is 2.07 bits per heavy atom. The van der Waals surface area contributed by atoms with Crippen LogP contribution in [0.25, 0.3) is 16.9 Å². The summed E-state index contributed by atoms with van der Waals surface area (Å²) in [5.74, 6) is 0.538. The van der Waals surface area contributed by atoms with Gasteiger partial charge in [-0.1, -0.05) is 29.9 Å². The molecule has 0 unspecified atom stereocenters. The van der Waals surface area contributed by atoms with Gasteiger partial charge in [-0.05, 0) is 52.7 Å². The maximum atomic E-state index is 13.0. The van der Waals surface area contributed by atoms with Crippen molar-refractivity contribution in [1.82, 2.24) is 14.4 Å². The number of rotatable bonds is 5. The maximum Gasteiger partial charge on any atom is 0.261 e. The number of thiazole rings is 1. The largest absolute Gasteiger partial charge is 0.496 e. The summed E-state index contributed by atoms with van der Waals surface area (Å²) in [5, 5.41) is 1.25. The van der Waals surface area contributed by atoms with Crippen LogP contribution in [-0.4, -0.2) is 34.4 Å². The molecule has 1 aromatic carbocycles. The lowest BCUT2D eigenvalue weighted by Crippen LogP contribution is -2.26. The summed E-state index contributed by atoms with van der Waals surface area (Å²) in [6.07, 6.45) is 4.43. The van der Waals surface area contributed by atoms with E-state index in [1.165, 1.54) is 11.3 Å². The van der Waals surface area contributed by atoms with Crippen LogP contribution in [0.5, 0.6) is 5.75 Å². The van der Waals surface area contributed by atoms with Crippen LogP contribution < -0.4 is 9.64 Å². The fraction of sp³-hybridized carbons (Fsp3) is 0.190. The lowest BCUT2D eigenvalue weighted by atomic mass is 10.1. The van der Waals surface area contributed by atoms with Gasteiger partial charge in [-0.2, -0.15) is 0 Å². The van der Waals surface area contributed by atoms with Gasteiger partial charge in [0.15, 0.2) is 5.13 Å². The minimum Gasteiger partial charge on any atom is -0.496 e. The zero-order valence-electron chi connectivity index (χ0n) is 16.5. The standard InChI is InChI=1S/C21H18BrClN4O2S/c1-4-15-19(22)30-21(25-15)26(2)20(28)12-5-8-18-24-16(11-27(18)10-12)14-9-13(23)6-7-17(14)29-3/h5-11H,4H2,1-3H3. The van der Waals surface area contributed by atoms with Gasteiger partial charge in [0.1, 0.15) is 11.4 Å². The Hall–Kier alpha value is -2.42. The Labute approximate surface area is 191 Å². The topological polar surface area (TPSA) is 59.7 Å². The van der Waals surface area contributed by atoms with E-state index in [4.69, 9.17) is 16.3 Å². The number of pyridine rings is 1. The van der Waals surface area contributed by atoms with Gasteiger partial charge in [0, 0.05) is 30.0 Å². The van der Waals surface area contributed by atoms with Crippen molar-refractivity contribution in [3.05, 3.63) is 62.8 Å². The summed E-state index contributed by atoms with van der Waals surface area (Å²) in [5.41, 5.74) is 3.70. The predicted octanol–water partition coefficient (Wildman–Crippen LogP) is 5.72. The Kier molecular flexibility index (Phi) is 5.81. The number of anilines is 1. The number of methoxy groups -OCH3 is 1. The van der Waals surface area contributed by atoms with E-state index >= 15 is 0 Å². The quantitative estimate of drug-likeness (QED) is 0.348. The molecule has 154 valence electrons. The molecule has 4 rings (SSSR count). The van der Waals surface area contributed by atoms with Gasteiger partial charge < -0.3 is 9.14 Å². The van der Waals surface area contributed by atoms with E-state index in [0.717, 1.165) is 27.1 Å². The van der Waals surface area contributed by atoms with Crippen LogP contribution in [0.15, 0.2) is 46.5 Å². The SMILES string of the molecule is CCc1nc(N(C)C(=O)c2ccc3nc(-c4cc(Cl)ccc4OC)cn3c2)sc1Br. The molecule has 0 atom stereocenters. The molecular formula is C21H18BrClN4O2S. The highest BCUT2D eigenvalue weighted by molar-refractivity contribution is 9.11. The molecular weight excluding hydrogens is 488 g/mol. The Morgan fingerprint density at radius 1 is 1.27 bits per heavy atom. The molecule has 9 heteroatoms. The van der Waals surface area contributed by atoms with Gasteiger partial charge in [-0.25, -0.2) is 9.97 Å². The third-order valence-corrected chi connectivity index (χ3v) is 6.84. The molecule has 0 aliphatic heterocycles. The zero-order valence-corrected chi connectivity index (χ0v) is 19.7. The van der Waals surface area contributed by atoms with E-state index in [9.17, 15) is 4.79 Å². The van der Waals surface area contributed by atoms with E-state index in [-0.39, 0.29) is 5.91 Å². The van der Waals surface area contributed by atoms with Gasteiger partial charge in [0.2, 0.25) is 0 Å². The fourth-order valence-corrected chi connectivity index (χ4v) is 4.91. The summed E-state index contributed by atoms with van der Waals surface area (Å²) >= 11 is 11.1. The fourth-order valence-electron chi connectivity index (χ4n) is 3.09. The maximum absolute atomic E-state index is 13.0. The van der Waals surface area contributed by atoms with Gasteiger partial charge in [-0.15, -0.1) is 0 Å². The molecule has 0 N–H and O–H groups in total. The molecule has 3 aromatic heterocycles. The minimum atomic E-state index is -0.142. The van der Waals surface area contributed by atoms with E-state index < -0.39 is 0 Å². The van der Waals surface area contributed by atoms with Crippen molar-refractivity contribution in [1.29, 1.82) is 0 Å². The number of halogens is 2. The number of hydrogen-bond donors (Lipinski definition) is 0. The number of benzene rings is 1. The molecule has 0 saturated carbocycles. The van der Waals surface area contributed by atoms with Gasteiger partial charge >= 0.3 is 0 Å². The van der Waals surface area contributed by atoms with Crippen LogP contribution in [0.1, 0.15) is 23.0 Å². The average molecular weight is 506 g/mol. The third kappa shape index (κ3) is 3.82. The van der Waals surface area contributed by atoms with Crippen molar-refractivity contribution in [2.45, 2.75) is 13.3 Å². The van der Waals surface area contributed by atoms with E-state index in [0.29, 0.717) is 27.2 Å². The number of carbonyl (C=O) groups excluding carboxylic acids is 1. The number of imidazole rings is 1. The van der Waals surface area contributed by atoms with Crippen LogP contribution in [0.2, 0.25) is 5.02 Å². The number of aromatic nitrogens is 3. The molecule has 3 heterocycles. The van der Waals surface area contributed by atoms with Crippen molar-refractivity contribution in [2.75, 3.05) is 19.1 Å². The highest BCUT2D eigenvalue weighted by atomic mass is 79.9. The first-order valence-electron chi connectivity index (χ1n) is 9.17. The number of carbonyl (C=O) groups is 1. The summed E-state index contributed by atoms with van der Waals surface area (Å²) in [4.78, 5) is 23.8. The highest BCUT2D eigenvalue weighted by Gasteiger charge is 2.19. The predicted molar refractivity (Wildman–Crippen MR) is 124 cm³/mol. The zero-order chi connectivity index (χ0) is 21.4. The Morgan fingerprint density at radius 3 is 2.77 bits per heavy atom. The smallest absolute Gasteiger partial charge is 0.261 e. The number of ether oxygens (including phenoxy) is 1. The molecule has 0 spiro atoms. The summed E-state index contributed by atoms with van der Waals surface area (Å²) in [7, 11) is 3.34. The van der Waals surface area contributed by atoms with Crippen molar-refractivity contribution >= 4 is 55.6 Å². The summed E-state index contributed by atoms with van der Waals surface area (Å²) in [6, 6.07) is 8.98. The van der Waals surface area contributed by atoms with Crippen LogP contribution in [0.3, 0.4) is 0 Å². The van der Waals surface area contributed by atoms with Crippen molar-refractivity contribution in [3.8, 4) is 17.0 Å². The lowest BCUT2D eigenvalue weighted by Gasteiger charge is -2.13. The molecule has 0 aliphatic rings. The molecule has 0 bridgehead atoms. The second-order valence-electron chi connectivity index (χ2n) is 6.59. The molecule has 0 radical (unpaired) electrons. The van der Waals surface area contributed by atoms with Crippen molar-refractivity contribution < 1.29 is 9.53 Å². The number of fused-ring (bicyclic) bond motifs is 1. The Balaban J connectivity index is 1.68. The van der Waals surface area contributed by atoms with Crippen LogP contribution >= 0.6 is 38.9 Å². The molecule has 4 aromatic rings. The third-order valence-electron chi connectivity index (χ3n) is 4.70. The second kappa shape index (κ2) is 8.37. The first-order chi connectivity index (χ1) is 14.4. The number of aryl methyl sites for hydroxylation is 1. The van der Waals surface area contributed by atoms with Gasteiger partial charge in [0.05, 0.1) is 27.8 Å². The van der Waals surface area contributed by atoms with Crippen molar-refractivity contribution in [2.24, 2.45) is 0 Å². The number of amides is 1. The lowest BCUT2D eigenvalue weighted by molar-refractivity contribution is 0.0992. The first kappa shape index (κ1) is 20.8. The molecule has 30 heavy (non-hydrogen) atoms. The van der Waals surface area contributed by atoms with Gasteiger partial charge in [0.25, 0.3) is 5.91 Å². The normalized spacial score (nSPS) is 11.1. The van der Waals surface area contributed by atoms with Gasteiger partial charge in [-0.3, -0.25) is 9.69 Å². The van der Waals surface area contributed by atoms with E-state index in [2.05, 4.69) is 25.9 Å². The summed E-state index contributed by atoms with van der Waals surface area (Å²) < 4.78 is 8.21. The molecule has 0 aliphatic carbocycles. The highest BCUT2D eigenvalue weighted by Crippen LogP contribution is 2.33. The Bertz CT molecular complexity index is 1250.